The van der Waals surface area contributed by atoms with Crippen LogP contribution >= 0.6 is 0 Å². The molecule has 1 saturated heterocycles. The van der Waals surface area contributed by atoms with Gasteiger partial charge in [0.1, 0.15) is 11.6 Å². The third kappa shape index (κ3) is 5.38. The zero-order valence-electron chi connectivity index (χ0n) is 15.6. The fourth-order valence-electron chi connectivity index (χ4n) is 2.94. The van der Waals surface area contributed by atoms with Gasteiger partial charge in [-0.3, -0.25) is 0 Å². The van der Waals surface area contributed by atoms with Gasteiger partial charge >= 0.3 is 0 Å². The third-order valence-electron chi connectivity index (χ3n) is 4.50. The van der Waals surface area contributed by atoms with E-state index in [1.165, 1.54) is 9.71 Å². The summed E-state index contributed by atoms with van der Waals surface area (Å²) in [6.07, 6.45) is 14.3. The molecular formula is C20H23N5O2S. The van der Waals surface area contributed by atoms with E-state index in [1.807, 2.05) is 12.1 Å². The van der Waals surface area contributed by atoms with Gasteiger partial charge in [-0.05, 0) is 31.0 Å². The molecule has 0 aliphatic carbocycles. The van der Waals surface area contributed by atoms with Crippen molar-refractivity contribution in [3.63, 3.8) is 0 Å². The van der Waals surface area contributed by atoms with Crippen molar-refractivity contribution in [2.75, 3.05) is 31.1 Å². The fraction of sp³-hybridized carbons (Fsp3) is 0.350. The minimum Gasteiger partial charge on any atom is -0.354 e. The first-order chi connectivity index (χ1) is 13.6. The summed E-state index contributed by atoms with van der Waals surface area (Å²) in [5.41, 5.74) is 0.730. The summed E-state index contributed by atoms with van der Waals surface area (Å²) in [4.78, 5) is 14.7. The number of aryl methyl sites for hydroxylation is 1. The number of hydrogen-bond donors (Lipinski definition) is 0. The molecule has 3 heterocycles. The summed E-state index contributed by atoms with van der Waals surface area (Å²) >= 11 is 0. The number of hydrogen-bond acceptors (Lipinski definition) is 6. The number of anilines is 1. The first-order valence-corrected chi connectivity index (χ1v) is 10.7. The highest BCUT2D eigenvalue weighted by atomic mass is 32.2. The second-order valence-corrected chi connectivity index (χ2v) is 8.23. The zero-order chi connectivity index (χ0) is 19.8. The molecule has 0 radical (unpaired) electrons. The van der Waals surface area contributed by atoms with E-state index < -0.39 is 10.0 Å². The summed E-state index contributed by atoms with van der Waals surface area (Å²) in [6.45, 7) is 2.06. The van der Waals surface area contributed by atoms with Crippen LogP contribution in [0.25, 0.3) is 0 Å². The number of nitrogens with zero attached hydrogens (tertiary/aromatic N) is 5. The first kappa shape index (κ1) is 20.0. The number of unbranched alkanes of at least 4 members (excludes halogenated alkanes) is 1. The largest absolute Gasteiger partial charge is 0.354 e. The Morgan fingerprint density at radius 2 is 1.86 bits per heavy atom. The number of allylic oxidation sites excluding steroid dienone is 1. The monoisotopic (exact) mass is 397 g/mol. The molecule has 1 aliphatic heterocycles. The van der Waals surface area contributed by atoms with Crippen molar-refractivity contribution in [2.24, 2.45) is 0 Å². The Balaban J connectivity index is 1.46. The van der Waals surface area contributed by atoms with Gasteiger partial charge in [0.05, 0.1) is 0 Å². The lowest BCUT2D eigenvalue weighted by Gasteiger charge is -2.34. The number of pyridine rings is 1. The van der Waals surface area contributed by atoms with Crippen LogP contribution in [0.4, 0.5) is 5.82 Å². The Bertz CT molecular complexity index is 929. The third-order valence-corrected chi connectivity index (χ3v) is 6.12. The average Bonchev–Trinajstić information content (AvgIpc) is 2.74. The van der Waals surface area contributed by atoms with Crippen molar-refractivity contribution in [2.45, 2.75) is 19.3 Å². The number of piperazine rings is 1. The Kier molecular flexibility index (Phi) is 6.74. The molecule has 0 aromatic carbocycles. The molecule has 3 rings (SSSR count). The van der Waals surface area contributed by atoms with E-state index >= 15 is 0 Å². The minimum atomic E-state index is -3.40. The predicted octanol–water partition coefficient (Wildman–Crippen LogP) is 1.84. The molecule has 2 aromatic rings. The summed E-state index contributed by atoms with van der Waals surface area (Å²) in [5, 5.41) is 1.31. The van der Waals surface area contributed by atoms with Gasteiger partial charge in [-0.25, -0.2) is 23.4 Å². The van der Waals surface area contributed by atoms with Gasteiger partial charge < -0.3 is 4.90 Å². The van der Waals surface area contributed by atoms with Gasteiger partial charge in [-0.2, -0.15) is 4.31 Å². The summed E-state index contributed by atoms with van der Waals surface area (Å²) in [6, 6.07) is 5.49. The summed E-state index contributed by atoms with van der Waals surface area (Å²) in [7, 11) is -3.40. The quantitative estimate of drug-likeness (QED) is 0.524. The number of rotatable bonds is 7. The van der Waals surface area contributed by atoms with Crippen molar-refractivity contribution in [1.82, 2.24) is 19.3 Å². The topological polar surface area (TPSA) is 79.3 Å². The Morgan fingerprint density at radius 3 is 2.50 bits per heavy atom. The van der Waals surface area contributed by atoms with Gasteiger partial charge in [-0.15, -0.1) is 6.42 Å². The highest BCUT2D eigenvalue weighted by Crippen LogP contribution is 2.16. The van der Waals surface area contributed by atoms with E-state index in [9.17, 15) is 8.42 Å². The van der Waals surface area contributed by atoms with Crippen molar-refractivity contribution in [3.8, 4) is 12.3 Å². The van der Waals surface area contributed by atoms with E-state index in [2.05, 4.69) is 25.8 Å². The van der Waals surface area contributed by atoms with Crippen LogP contribution in [0, 0.1) is 12.3 Å². The Morgan fingerprint density at radius 1 is 1.11 bits per heavy atom. The van der Waals surface area contributed by atoms with Crippen molar-refractivity contribution >= 4 is 15.8 Å². The van der Waals surface area contributed by atoms with Crippen molar-refractivity contribution in [1.29, 1.82) is 0 Å². The highest BCUT2D eigenvalue weighted by molar-refractivity contribution is 7.92. The molecule has 1 aliphatic rings. The van der Waals surface area contributed by atoms with Crippen LogP contribution in [-0.4, -0.2) is 53.9 Å². The van der Waals surface area contributed by atoms with Crippen molar-refractivity contribution in [3.05, 3.63) is 59.7 Å². The lowest BCUT2D eigenvalue weighted by molar-refractivity contribution is 0.388. The molecule has 0 bridgehead atoms. The standard InChI is InChI=1S/C20H23N5O2S/c1-2-18-8-9-20(23-17-18)24-12-14-25(15-13-24)28(26,27)16-5-3-4-7-19-21-10-6-11-22-19/h1,5-6,8-11,16-17H,3-4,7,12-15H2. The van der Waals surface area contributed by atoms with Gasteiger partial charge in [-0.1, -0.05) is 12.0 Å². The van der Waals surface area contributed by atoms with Crippen LogP contribution in [0.1, 0.15) is 24.2 Å². The molecule has 0 N–H and O–H groups in total. The second kappa shape index (κ2) is 9.44. The average molecular weight is 398 g/mol. The van der Waals surface area contributed by atoms with Gasteiger partial charge in [0.25, 0.3) is 0 Å². The summed E-state index contributed by atoms with van der Waals surface area (Å²) < 4.78 is 26.5. The van der Waals surface area contributed by atoms with Crippen LogP contribution < -0.4 is 4.90 Å². The molecule has 0 atom stereocenters. The molecule has 7 nitrogen and oxygen atoms in total. The molecule has 0 unspecified atom stereocenters. The van der Waals surface area contributed by atoms with E-state index in [0.29, 0.717) is 32.6 Å². The number of aromatic nitrogens is 3. The Labute approximate surface area is 166 Å². The summed E-state index contributed by atoms with van der Waals surface area (Å²) in [5.74, 6) is 4.13. The van der Waals surface area contributed by atoms with Crippen molar-refractivity contribution < 1.29 is 8.42 Å². The first-order valence-electron chi connectivity index (χ1n) is 9.19. The molecule has 0 spiro atoms. The van der Waals surface area contributed by atoms with Crippen LogP contribution in [-0.2, 0) is 16.4 Å². The maximum atomic E-state index is 12.5. The number of sulfonamides is 1. The minimum absolute atomic E-state index is 0.434. The molecular weight excluding hydrogens is 374 g/mol. The predicted molar refractivity (Wildman–Crippen MR) is 109 cm³/mol. The van der Waals surface area contributed by atoms with Crippen LogP contribution in [0.5, 0.6) is 0 Å². The van der Waals surface area contributed by atoms with E-state index in [4.69, 9.17) is 6.42 Å². The zero-order valence-corrected chi connectivity index (χ0v) is 16.4. The van der Waals surface area contributed by atoms with Gasteiger partial charge in [0.2, 0.25) is 10.0 Å². The molecule has 2 aromatic heterocycles. The Hall–Kier alpha value is -2.76. The van der Waals surface area contributed by atoms with E-state index in [1.54, 1.807) is 30.7 Å². The molecule has 8 heteroatoms. The smallest absolute Gasteiger partial charge is 0.236 e. The normalized spacial score (nSPS) is 15.6. The number of terminal acetylenes is 1. The second-order valence-electron chi connectivity index (χ2n) is 6.41. The molecule has 0 amide bonds. The van der Waals surface area contributed by atoms with Gasteiger partial charge in [0, 0.05) is 62.2 Å². The molecule has 0 saturated carbocycles. The van der Waals surface area contributed by atoms with E-state index in [0.717, 1.165) is 30.0 Å². The maximum Gasteiger partial charge on any atom is 0.236 e. The molecule has 146 valence electrons. The maximum absolute atomic E-state index is 12.5. The molecule has 28 heavy (non-hydrogen) atoms. The highest BCUT2D eigenvalue weighted by Gasteiger charge is 2.25. The fourth-order valence-corrected chi connectivity index (χ4v) is 4.17. The SMILES string of the molecule is C#Cc1ccc(N2CCN(S(=O)(=O)C=CCCCc3ncccn3)CC2)nc1. The molecule has 1 fully saturated rings. The van der Waals surface area contributed by atoms with E-state index in [-0.39, 0.29) is 0 Å². The lowest BCUT2D eigenvalue weighted by Crippen LogP contribution is -2.48. The van der Waals surface area contributed by atoms with Crippen LogP contribution in [0.3, 0.4) is 0 Å². The van der Waals surface area contributed by atoms with Crippen LogP contribution in [0.15, 0.2) is 48.3 Å². The van der Waals surface area contributed by atoms with Crippen LogP contribution in [0.2, 0.25) is 0 Å². The lowest BCUT2D eigenvalue weighted by atomic mass is 10.2. The van der Waals surface area contributed by atoms with Gasteiger partial charge in [0.15, 0.2) is 0 Å².